The highest BCUT2D eigenvalue weighted by Crippen LogP contribution is 2.31. The summed E-state index contributed by atoms with van der Waals surface area (Å²) in [5, 5.41) is 5.39. The van der Waals surface area contributed by atoms with Crippen molar-refractivity contribution in [2.24, 2.45) is 5.92 Å². The highest BCUT2D eigenvalue weighted by Gasteiger charge is 2.30. The summed E-state index contributed by atoms with van der Waals surface area (Å²) in [5.74, 6) is -0.416. The SMILES string of the molecule is COC(=O)[C@H](Cc1ccc(OCc2ccccc2)c(OCc2ccccc2)c1)NC(=O)[C@@H](NC(=O)OCc1ccccc1)C(C)C. The Labute approximate surface area is 269 Å². The van der Waals surface area contributed by atoms with Crippen LogP contribution in [0.1, 0.15) is 36.1 Å². The van der Waals surface area contributed by atoms with Crippen LogP contribution in [0.25, 0.3) is 0 Å². The predicted molar refractivity (Wildman–Crippen MR) is 174 cm³/mol. The smallest absolute Gasteiger partial charge is 0.408 e. The van der Waals surface area contributed by atoms with Crippen LogP contribution in [0.2, 0.25) is 0 Å². The quantitative estimate of drug-likeness (QED) is 0.156. The van der Waals surface area contributed by atoms with Crippen LogP contribution >= 0.6 is 0 Å². The van der Waals surface area contributed by atoms with Gasteiger partial charge in [-0.3, -0.25) is 4.79 Å². The molecule has 0 heterocycles. The molecule has 0 aliphatic carbocycles. The standard InChI is InChI=1S/C37H40N2O7/c1-26(2)34(39-37(42)46-25-29-17-11-6-12-18-29)35(40)38-31(36(41)43-3)21-30-19-20-32(44-23-27-13-7-4-8-14-27)33(22-30)45-24-28-15-9-5-10-16-28/h4-20,22,26,31,34H,21,23-25H2,1-3H3,(H,38,40)(H,39,42)/t31-,34-/m0/s1. The molecule has 4 rings (SSSR count). The molecule has 46 heavy (non-hydrogen) atoms. The maximum absolute atomic E-state index is 13.4. The molecule has 2 atom stereocenters. The van der Waals surface area contributed by atoms with Crippen LogP contribution in [0.3, 0.4) is 0 Å². The van der Waals surface area contributed by atoms with Gasteiger partial charge in [0.15, 0.2) is 11.5 Å². The highest BCUT2D eigenvalue weighted by atomic mass is 16.5. The molecule has 0 aromatic heterocycles. The van der Waals surface area contributed by atoms with Gasteiger partial charge in [-0.05, 0) is 40.3 Å². The maximum Gasteiger partial charge on any atom is 0.408 e. The molecule has 4 aromatic carbocycles. The molecule has 0 radical (unpaired) electrons. The van der Waals surface area contributed by atoms with E-state index in [0.29, 0.717) is 30.3 Å². The molecule has 2 N–H and O–H groups in total. The Kier molecular flexibility index (Phi) is 12.6. The van der Waals surface area contributed by atoms with Crippen molar-refractivity contribution in [1.82, 2.24) is 10.6 Å². The second-order valence-corrected chi connectivity index (χ2v) is 11.0. The summed E-state index contributed by atoms with van der Waals surface area (Å²) in [7, 11) is 1.26. The van der Waals surface area contributed by atoms with Crippen LogP contribution in [0.15, 0.2) is 109 Å². The Morgan fingerprint density at radius 1 is 0.630 bits per heavy atom. The third kappa shape index (κ3) is 10.4. The minimum absolute atomic E-state index is 0.0592. The molecule has 9 nitrogen and oxygen atoms in total. The van der Waals surface area contributed by atoms with Gasteiger partial charge >= 0.3 is 12.1 Å². The van der Waals surface area contributed by atoms with Gasteiger partial charge in [-0.2, -0.15) is 0 Å². The molecule has 240 valence electrons. The van der Waals surface area contributed by atoms with Crippen LogP contribution in [-0.4, -0.2) is 37.2 Å². The monoisotopic (exact) mass is 624 g/mol. The summed E-state index contributed by atoms with van der Waals surface area (Å²) >= 11 is 0. The molecule has 0 aliphatic heterocycles. The van der Waals surface area contributed by atoms with Crippen molar-refractivity contribution < 1.29 is 33.3 Å². The zero-order chi connectivity index (χ0) is 32.7. The molecule has 0 aliphatic rings. The van der Waals surface area contributed by atoms with E-state index in [2.05, 4.69) is 10.6 Å². The number of esters is 1. The zero-order valence-electron chi connectivity index (χ0n) is 26.3. The molecule has 4 aromatic rings. The number of rotatable bonds is 15. The normalized spacial score (nSPS) is 12.0. The third-order valence-electron chi connectivity index (χ3n) is 7.16. The number of carbonyl (C=O) groups is 3. The van der Waals surface area contributed by atoms with Gasteiger partial charge in [-0.25, -0.2) is 9.59 Å². The minimum Gasteiger partial charge on any atom is -0.485 e. The lowest BCUT2D eigenvalue weighted by Crippen LogP contribution is -2.54. The summed E-state index contributed by atoms with van der Waals surface area (Å²) in [5.41, 5.74) is 3.52. The number of alkyl carbamates (subject to hydrolysis) is 1. The molecule has 9 heteroatoms. The molecular weight excluding hydrogens is 584 g/mol. The first-order chi connectivity index (χ1) is 22.3. The van der Waals surface area contributed by atoms with Gasteiger partial charge in [-0.15, -0.1) is 0 Å². The molecule has 0 unspecified atom stereocenters. The number of nitrogens with one attached hydrogen (secondary N) is 2. The summed E-state index contributed by atoms with van der Waals surface area (Å²) < 4.78 is 22.6. The van der Waals surface area contributed by atoms with Crippen molar-refractivity contribution in [2.75, 3.05) is 7.11 Å². The summed E-state index contributed by atoms with van der Waals surface area (Å²) in [4.78, 5) is 38.8. The van der Waals surface area contributed by atoms with Gasteiger partial charge in [0, 0.05) is 6.42 Å². The number of amides is 2. The Morgan fingerprint density at radius 2 is 1.15 bits per heavy atom. The van der Waals surface area contributed by atoms with Crippen LogP contribution in [0.4, 0.5) is 4.79 Å². The molecule has 0 saturated heterocycles. The van der Waals surface area contributed by atoms with E-state index < -0.39 is 30.1 Å². The number of ether oxygens (including phenoxy) is 4. The van der Waals surface area contributed by atoms with E-state index >= 15 is 0 Å². The molecular formula is C37H40N2O7. The van der Waals surface area contributed by atoms with Gasteiger partial charge in [0.1, 0.15) is 31.9 Å². The number of hydrogen-bond acceptors (Lipinski definition) is 7. The van der Waals surface area contributed by atoms with Crippen LogP contribution in [0.5, 0.6) is 11.5 Å². The Morgan fingerprint density at radius 3 is 1.67 bits per heavy atom. The van der Waals surface area contributed by atoms with Crippen molar-refractivity contribution in [3.05, 3.63) is 131 Å². The molecule has 0 spiro atoms. The van der Waals surface area contributed by atoms with E-state index in [9.17, 15) is 14.4 Å². The third-order valence-corrected chi connectivity index (χ3v) is 7.16. The zero-order valence-corrected chi connectivity index (χ0v) is 26.3. The summed E-state index contributed by atoms with van der Waals surface area (Å²) in [6, 6.07) is 32.2. The molecule has 0 saturated carbocycles. The molecule has 0 bridgehead atoms. The highest BCUT2D eigenvalue weighted by molar-refractivity contribution is 5.90. The fourth-order valence-electron chi connectivity index (χ4n) is 4.64. The van der Waals surface area contributed by atoms with Crippen molar-refractivity contribution >= 4 is 18.0 Å². The Bertz CT molecular complexity index is 1550. The van der Waals surface area contributed by atoms with Crippen molar-refractivity contribution in [3.8, 4) is 11.5 Å². The van der Waals surface area contributed by atoms with E-state index in [0.717, 1.165) is 16.7 Å². The minimum atomic E-state index is -1.03. The second kappa shape index (κ2) is 17.2. The summed E-state index contributed by atoms with van der Waals surface area (Å²) in [6.45, 7) is 4.30. The molecule has 0 fully saturated rings. The fraction of sp³-hybridized carbons (Fsp3) is 0.270. The predicted octanol–water partition coefficient (Wildman–Crippen LogP) is 6.00. The van der Waals surface area contributed by atoms with E-state index in [-0.39, 0.29) is 18.9 Å². The lowest BCUT2D eigenvalue weighted by atomic mass is 10.0. The average molecular weight is 625 g/mol. The Balaban J connectivity index is 1.46. The average Bonchev–Trinajstić information content (AvgIpc) is 3.08. The topological polar surface area (TPSA) is 112 Å². The van der Waals surface area contributed by atoms with Crippen molar-refractivity contribution in [1.29, 1.82) is 0 Å². The van der Waals surface area contributed by atoms with E-state index in [1.165, 1.54) is 7.11 Å². The number of hydrogen-bond donors (Lipinski definition) is 2. The van der Waals surface area contributed by atoms with E-state index in [1.54, 1.807) is 26.0 Å². The summed E-state index contributed by atoms with van der Waals surface area (Å²) in [6.07, 6.45) is -0.624. The first-order valence-corrected chi connectivity index (χ1v) is 15.1. The van der Waals surface area contributed by atoms with Crippen LogP contribution in [0, 0.1) is 5.92 Å². The van der Waals surface area contributed by atoms with Gasteiger partial charge in [-0.1, -0.05) is 111 Å². The van der Waals surface area contributed by atoms with E-state index in [4.69, 9.17) is 18.9 Å². The lowest BCUT2D eigenvalue weighted by molar-refractivity contribution is -0.145. The lowest BCUT2D eigenvalue weighted by Gasteiger charge is -2.24. The number of carbonyl (C=O) groups excluding carboxylic acids is 3. The van der Waals surface area contributed by atoms with Crippen molar-refractivity contribution in [3.63, 3.8) is 0 Å². The van der Waals surface area contributed by atoms with E-state index in [1.807, 2.05) is 97.1 Å². The number of benzene rings is 4. The van der Waals surface area contributed by atoms with Gasteiger partial charge in [0.05, 0.1) is 7.11 Å². The molecule has 2 amide bonds. The Hall–Kier alpha value is -5.31. The first-order valence-electron chi connectivity index (χ1n) is 15.1. The largest absolute Gasteiger partial charge is 0.485 e. The number of methoxy groups -OCH3 is 1. The fourth-order valence-corrected chi connectivity index (χ4v) is 4.64. The van der Waals surface area contributed by atoms with Gasteiger partial charge < -0.3 is 29.6 Å². The van der Waals surface area contributed by atoms with Gasteiger partial charge in [0.2, 0.25) is 5.91 Å². The van der Waals surface area contributed by atoms with Crippen molar-refractivity contribution in [2.45, 2.75) is 52.2 Å². The maximum atomic E-state index is 13.4. The second-order valence-electron chi connectivity index (χ2n) is 11.0. The first kappa shape index (κ1) is 33.6. The van der Waals surface area contributed by atoms with Gasteiger partial charge in [0.25, 0.3) is 0 Å². The van der Waals surface area contributed by atoms with Crippen LogP contribution < -0.4 is 20.1 Å². The van der Waals surface area contributed by atoms with Crippen LogP contribution in [-0.2, 0) is 45.3 Å².